The van der Waals surface area contributed by atoms with Crippen molar-refractivity contribution in [1.29, 1.82) is 0 Å². The Morgan fingerprint density at radius 2 is 1.84 bits per heavy atom. The van der Waals surface area contributed by atoms with E-state index in [9.17, 15) is 27.6 Å². The molecule has 0 aliphatic carbocycles. The summed E-state index contributed by atoms with van der Waals surface area (Å²) in [7, 11) is 0. The number of H-pyrrole nitrogens is 1. The molecule has 2 amide bonds. The number of fused-ring (bicyclic) bond motifs is 1. The molecule has 3 atom stereocenters. The smallest absolute Gasteiger partial charge is 0.379 e. The molecule has 0 spiro atoms. The van der Waals surface area contributed by atoms with Gasteiger partial charge >= 0.3 is 6.18 Å². The molecule has 206 valence electrons. The molecule has 2 aromatic heterocycles. The molecule has 2 aromatic rings. The van der Waals surface area contributed by atoms with Crippen LogP contribution in [0.2, 0.25) is 0 Å². The molecule has 13 nitrogen and oxygen atoms in total. The Hall–Kier alpha value is -3.79. The van der Waals surface area contributed by atoms with Crippen molar-refractivity contribution < 1.29 is 32.7 Å². The molecule has 2 saturated heterocycles. The van der Waals surface area contributed by atoms with Gasteiger partial charge in [0.15, 0.2) is 0 Å². The van der Waals surface area contributed by atoms with Gasteiger partial charge in [0.05, 0.1) is 37.1 Å². The van der Waals surface area contributed by atoms with E-state index >= 15 is 0 Å². The second-order valence-corrected chi connectivity index (χ2v) is 9.29. The summed E-state index contributed by atoms with van der Waals surface area (Å²) in [6, 6.07) is -0.568. The number of anilines is 2. The predicted molar refractivity (Wildman–Crippen MR) is 125 cm³/mol. The Morgan fingerprint density at radius 1 is 1.18 bits per heavy atom. The third-order valence-electron chi connectivity index (χ3n) is 6.49. The first-order valence-electron chi connectivity index (χ1n) is 11.8. The van der Waals surface area contributed by atoms with Crippen molar-refractivity contribution >= 4 is 23.5 Å². The summed E-state index contributed by atoms with van der Waals surface area (Å²) in [6.07, 6.45) is -1.15. The number of ether oxygens (including phenoxy) is 1. The van der Waals surface area contributed by atoms with Crippen LogP contribution in [0.5, 0.6) is 0 Å². The number of alkyl halides is 3. The van der Waals surface area contributed by atoms with Crippen LogP contribution in [0.25, 0.3) is 0 Å². The van der Waals surface area contributed by atoms with Gasteiger partial charge in [0.1, 0.15) is 5.56 Å². The van der Waals surface area contributed by atoms with Crippen LogP contribution < -0.4 is 21.3 Å². The molecule has 2 fully saturated rings. The highest BCUT2D eigenvalue weighted by atomic mass is 19.4. The van der Waals surface area contributed by atoms with Gasteiger partial charge in [-0.15, -0.1) is 0 Å². The minimum absolute atomic E-state index is 0.0241. The second-order valence-electron chi connectivity index (χ2n) is 9.29. The van der Waals surface area contributed by atoms with Crippen molar-refractivity contribution in [2.75, 3.05) is 49.6 Å². The van der Waals surface area contributed by atoms with Gasteiger partial charge < -0.3 is 19.9 Å². The molecular weight excluding hydrogens is 513 g/mol. The van der Waals surface area contributed by atoms with Crippen molar-refractivity contribution in [2.24, 2.45) is 11.8 Å². The summed E-state index contributed by atoms with van der Waals surface area (Å²) in [5, 5.41) is 16.5. The van der Waals surface area contributed by atoms with Crippen molar-refractivity contribution in [3.63, 3.8) is 0 Å². The van der Waals surface area contributed by atoms with Crippen LogP contribution in [0.1, 0.15) is 29.3 Å². The zero-order valence-electron chi connectivity index (χ0n) is 20.4. The number of rotatable bonds is 9. The molecule has 16 heteroatoms. The third-order valence-corrected chi connectivity index (χ3v) is 6.49. The first-order chi connectivity index (χ1) is 18.1. The quantitative estimate of drug-likeness (QED) is 0.200. The van der Waals surface area contributed by atoms with Gasteiger partial charge in [-0.1, -0.05) is 0 Å². The highest BCUT2D eigenvalue weighted by molar-refractivity contribution is 5.92. The minimum atomic E-state index is -4.84. The molecular formula is C22H27F3N8O5. The number of amides is 2. The number of nitrogens with one attached hydrogen (secondary N) is 3. The molecule has 4 heterocycles. The van der Waals surface area contributed by atoms with E-state index in [-0.39, 0.29) is 42.9 Å². The maximum Gasteiger partial charge on any atom is 0.423 e. The van der Waals surface area contributed by atoms with Crippen LogP contribution in [0.4, 0.5) is 24.8 Å². The topological polar surface area (TPSA) is 166 Å². The van der Waals surface area contributed by atoms with Gasteiger partial charge in [0.2, 0.25) is 11.9 Å². The lowest BCUT2D eigenvalue weighted by Gasteiger charge is -2.22. The van der Waals surface area contributed by atoms with Gasteiger partial charge in [-0.3, -0.25) is 19.6 Å². The fourth-order valence-electron chi connectivity index (χ4n) is 4.70. The Kier molecular flexibility index (Phi) is 8.11. The molecule has 2 aliphatic rings. The van der Waals surface area contributed by atoms with E-state index in [0.29, 0.717) is 32.1 Å². The Morgan fingerprint density at radius 3 is 2.45 bits per heavy atom. The van der Waals surface area contributed by atoms with Crippen molar-refractivity contribution in [1.82, 2.24) is 30.5 Å². The van der Waals surface area contributed by atoms with E-state index in [4.69, 9.17) is 9.94 Å². The Balaban J connectivity index is 1.18. The summed E-state index contributed by atoms with van der Waals surface area (Å²) >= 11 is 0. The molecule has 0 radical (unpaired) electrons. The lowest BCUT2D eigenvalue weighted by atomic mass is 10.0. The van der Waals surface area contributed by atoms with Crippen LogP contribution in [0.3, 0.4) is 0 Å². The maximum absolute atomic E-state index is 13.2. The minimum Gasteiger partial charge on any atom is -0.379 e. The van der Waals surface area contributed by atoms with Crippen LogP contribution in [0, 0.1) is 11.8 Å². The van der Waals surface area contributed by atoms with Crippen LogP contribution in [0.15, 0.2) is 23.4 Å². The van der Waals surface area contributed by atoms with E-state index in [1.807, 2.05) is 4.90 Å². The van der Waals surface area contributed by atoms with Crippen LogP contribution in [-0.4, -0.2) is 87.5 Å². The second kappa shape index (κ2) is 11.3. The highest BCUT2D eigenvalue weighted by Gasteiger charge is 2.42. The molecule has 4 N–H and O–H groups in total. The summed E-state index contributed by atoms with van der Waals surface area (Å²) in [6.45, 7) is 4.21. The molecule has 4 rings (SSSR count). The molecule has 2 aliphatic heterocycles. The number of hydroxylamine groups is 1. The number of nitrogens with zero attached hydrogens (tertiary/aromatic N) is 5. The zero-order valence-corrected chi connectivity index (χ0v) is 20.4. The average Bonchev–Trinajstić information content (AvgIpc) is 3.45. The van der Waals surface area contributed by atoms with Gasteiger partial charge in [0.25, 0.3) is 11.5 Å². The van der Waals surface area contributed by atoms with E-state index in [1.165, 1.54) is 17.9 Å². The molecule has 2 unspecified atom stereocenters. The van der Waals surface area contributed by atoms with Gasteiger partial charge in [-0.25, -0.2) is 20.5 Å². The first-order valence-corrected chi connectivity index (χ1v) is 11.8. The molecule has 38 heavy (non-hydrogen) atoms. The number of hydrogen-bond acceptors (Lipinski definition) is 10. The van der Waals surface area contributed by atoms with E-state index in [1.54, 1.807) is 16.9 Å². The fraction of sp³-hybridized carbons (Fsp3) is 0.545. The van der Waals surface area contributed by atoms with Crippen molar-refractivity contribution in [3.8, 4) is 0 Å². The van der Waals surface area contributed by atoms with E-state index in [0.717, 1.165) is 6.20 Å². The summed E-state index contributed by atoms with van der Waals surface area (Å²) in [4.78, 5) is 47.8. The molecule has 0 aromatic carbocycles. The SMILES string of the molecule is C[C@@H](COCCC(=O)N1CC2CN(c3ncc(C(=O)NO)cn3)CC2C1)Nc1cn[nH]c(=O)c1C(F)(F)F. The number of hydrogen-bond donors (Lipinski definition) is 4. The lowest BCUT2D eigenvalue weighted by molar-refractivity contribution is -0.138. The molecule has 0 saturated carbocycles. The monoisotopic (exact) mass is 540 g/mol. The van der Waals surface area contributed by atoms with E-state index < -0.39 is 34.9 Å². The number of aromatic amines is 1. The van der Waals surface area contributed by atoms with Crippen molar-refractivity contribution in [2.45, 2.75) is 25.6 Å². The number of carbonyl (C=O) groups is 2. The first kappa shape index (κ1) is 27.3. The van der Waals surface area contributed by atoms with E-state index in [2.05, 4.69) is 20.4 Å². The number of aromatic nitrogens is 4. The van der Waals surface area contributed by atoms with Gasteiger partial charge in [-0.05, 0) is 6.92 Å². The van der Waals surface area contributed by atoms with Gasteiger partial charge in [0, 0.05) is 56.5 Å². The normalized spacial score (nSPS) is 19.8. The largest absolute Gasteiger partial charge is 0.423 e. The predicted octanol–water partition coefficient (Wildman–Crippen LogP) is 0.500. The Labute approximate surface area is 214 Å². The average molecular weight is 541 g/mol. The Bertz CT molecular complexity index is 1190. The van der Waals surface area contributed by atoms with Crippen LogP contribution in [-0.2, 0) is 15.7 Å². The van der Waals surface area contributed by atoms with Crippen LogP contribution >= 0.6 is 0 Å². The summed E-state index contributed by atoms with van der Waals surface area (Å²) < 4.78 is 45.0. The lowest BCUT2D eigenvalue weighted by Crippen LogP contribution is -2.34. The summed E-state index contributed by atoms with van der Waals surface area (Å²) in [5.41, 5.74) is -1.47. The molecule has 0 bridgehead atoms. The number of likely N-dealkylation sites (tertiary alicyclic amines) is 1. The fourth-order valence-corrected chi connectivity index (χ4v) is 4.70. The number of halogens is 3. The highest BCUT2D eigenvalue weighted by Crippen LogP contribution is 2.33. The maximum atomic E-state index is 13.2. The third kappa shape index (κ3) is 6.19. The number of carbonyl (C=O) groups excluding carboxylic acids is 2. The van der Waals surface area contributed by atoms with Gasteiger partial charge in [-0.2, -0.15) is 18.3 Å². The summed E-state index contributed by atoms with van der Waals surface area (Å²) in [5.74, 6) is 0.206. The zero-order chi connectivity index (χ0) is 27.4. The standard InChI is InChI=1S/C22H27F3N8O5/c1-12(29-16-6-28-30-20(36)18(16)22(23,24)25)11-38-3-2-17(34)32-7-14-9-33(10-15(14)8-32)21-26-4-13(5-27-21)19(35)31-37/h4-6,12,14-15,37H,2-3,7-11H2,1H3,(H,31,35)(H2,29,30,36)/t12-,14?,15?/m0/s1. The van der Waals surface area contributed by atoms with Crippen molar-refractivity contribution in [3.05, 3.63) is 40.1 Å².